The average molecular weight is 405 g/mol. The molecule has 2 heteroatoms. The van der Waals surface area contributed by atoms with Crippen molar-refractivity contribution >= 4 is 0 Å². The van der Waals surface area contributed by atoms with E-state index in [-0.39, 0.29) is 5.41 Å². The Hall–Kier alpha value is -0.0800. The second kappa shape index (κ2) is 8.12. The molecule has 0 aromatic rings. The van der Waals surface area contributed by atoms with Gasteiger partial charge in [-0.3, -0.25) is 0 Å². The quantitative estimate of drug-likeness (QED) is 0.553. The molecule has 4 aliphatic rings. The van der Waals surface area contributed by atoms with Gasteiger partial charge < -0.3 is 10.2 Å². The fourth-order valence-corrected chi connectivity index (χ4v) is 9.34. The van der Waals surface area contributed by atoms with Crippen molar-refractivity contribution in [2.45, 2.75) is 117 Å². The van der Waals surface area contributed by atoms with Crippen molar-refractivity contribution < 1.29 is 10.2 Å². The van der Waals surface area contributed by atoms with E-state index >= 15 is 0 Å². The van der Waals surface area contributed by atoms with Crippen molar-refractivity contribution in [1.82, 2.24) is 0 Å². The van der Waals surface area contributed by atoms with Crippen LogP contribution in [-0.4, -0.2) is 22.4 Å². The van der Waals surface area contributed by atoms with Crippen molar-refractivity contribution in [3.05, 3.63) is 0 Å². The van der Waals surface area contributed by atoms with E-state index in [1.807, 2.05) is 0 Å². The second-order valence-corrected chi connectivity index (χ2v) is 12.7. The number of rotatable bonds is 5. The van der Waals surface area contributed by atoms with Crippen molar-refractivity contribution in [3.63, 3.8) is 0 Å². The summed E-state index contributed by atoms with van der Waals surface area (Å²) in [5.41, 5.74) is 0.804. The number of aliphatic hydroxyl groups excluding tert-OH is 2. The third-order valence-corrected chi connectivity index (χ3v) is 10.9. The van der Waals surface area contributed by atoms with E-state index in [1.54, 1.807) is 0 Å². The van der Waals surface area contributed by atoms with Crippen molar-refractivity contribution in [2.75, 3.05) is 0 Å². The first-order valence-corrected chi connectivity index (χ1v) is 13.0. The SMILES string of the molecule is CC(C)CCC[C@@H](C)[C@H]1CC[C@H]2[C@@H]3CC[C@H]4[C@H](O)[C@H](O)CC[C@]4(C)[C@H]3CC[C@]12C. The predicted molar refractivity (Wildman–Crippen MR) is 120 cm³/mol. The van der Waals surface area contributed by atoms with Gasteiger partial charge in [0, 0.05) is 0 Å². The summed E-state index contributed by atoms with van der Waals surface area (Å²) in [6.07, 6.45) is 13.3. The van der Waals surface area contributed by atoms with E-state index < -0.39 is 12.2 Å². The Labute approximate surface area is 180 Å². The minimum absolute atomic E-state index is 0.254. The molecule has 168 valence electrons. The lowest BCUT2D eigenvalue weighted by atomic mass is 9.44. The maximum Gasteiger partial charge on any atom is 0.0832 e. The fourth-order valence-electron chi connectivity index (χ4n) is 9.34. The van der Waals surface area contributed by atoms with Crippen LogP contribution in [0.15, 0.2) is 0 Å². The van der Waals surface area contributed by atoms with Crippen LogP contribution in [-0.2, 0) is 0 Å². The Morgan fingerprint density at radius 1 is 0.759 bits per heavy atom. The summed E-state index contributed by atoms with van der Waals surface area (Å²) in [6.45, 7) is 12.4. The molecule has 0 aromatic heterocycles. The molecule has 4 saturated carbocycles. The van der Waals surface area contributed by atoms with Crippen molar-refractivity contribution in [1.29, 1.82) is 0 Å². The fraction of sp³-hybridized carbons (Fsp3) is 1.00. The Morgan fingerprint density at radius 3 is 2.14 bits per heavy atom. The highest BCUT2D eigenvalue weighted by Crippen LogP contribution is 2.68. The maximum atomic E-state index is 10.8. The zero-order chi connectivity index (χ0) is 21.0. The van der Waals surface area contributed by atoms with Gasteiger partial charge in [0.1, 0.15) is 0 Å². The van der Waals surface area contributed by atoms with Crippen molar-refractivity contribution in [3.8, 4) is 0 Å². The van der Waals surface area contributed by atoms with Crippen molar-refractivity contribution in [2.24, 2.45) is 52.3 Å². The highest BCUT2D eigenvalue weighted by molar-refractivity contribution is 5.11. The number of aliphatic hydroxyl groups is 2. The summed E-state index contributed by atoms with van der Waals surface area (Å²) >= 11 is 0. The van der Waals surface area contributed by atoms with Gasteiger partial charge in [0.25, 0.3) is 0 Å². The molecule has 0 saturated heterocycles. The van der Waals surface area contributed by atoms with Gasteiger partial charge in [-0.2, -0.15) is 0 Å². The summed E-state index contributed by atoms with van der Waals surface area (Å²) < 4.78 is 0. The molecule has 4 aliphatic carbocycles. The van der Waals surface area contributed by atoms with Gasteiger partial charge in [-0.05, 0) is 104 Å². The number of hydrogen-bond donors (Lipinski definition) is 2. The molecule has 0 amide bonds. The first-order valence-electron chi connectivity index (χ1n) is 13.0. The Morgan fingerprint density at radius 2 is 1.41 bits per heavy atom. The lowest BCUT2D eigenvalue weighted by molar-refractivity contribution is -0.174. The monoisotopic (exact) mass is 404 g/mol. The molecule has 0 spiro atoms. The molecule has 2 N–H and O–H groups in total. The van der Waals surface area contributed by atoms with Gasteiger partial charge in [-0.1, -0.05) is 53.9 Å². The van der Waals surface area contributed by atoms with Crippen LogP contribution in [0.25, 0.3) is 0 Å². The lowest BCUT2D eigenvalue weighted by Gasteiger charge is -2.62. The van der Waals surface area contributed by atoms with Gasteiger partial charge in [-0.25, -0.2) is 0 Å². The summed E-state index contributed by atoms with van der Waals surface area (Å²) in [7, 11) is 0. The third-order valence-electron chi connectivity index (χ3n) is 10.9. The van der Waals surface area contributed by atoms with Crippen LogP contribution in [0.2, 0.25) is 0 Å². The van der Waals surface area contributed by atoms with Gasteiger partial charge in [0.2, 0.25) is 0 Å². The van der Waals surface area contributed by atoms with Crippen LogP contribution in [0.3, 0.4) is 0 Å². The van der Waals surface area contributed by atoms with Crippen LogP contribution in [0.4, 0.5) is 0 Å². The first kappa shape index (κ1) is 22.1. The second-order valence-electron chi connectivity index (χ2n) is 12.7. The molecule has 10 atom stereocenters. The summed E-state index contributed by atoms with van der Waals surface area (Å²) in [5.74, 6) is 5.50. The van der Waals surface area contributed by atoms with E-state index in [0.717, 1.165) is 54.8 Å². The third kappa shape index (κ3) is 3.63. The van der Waals surface area contributed by atoms with Gasteiger partial charge in [0.15, 0.2) is 0 Å². The highest BCUT2D eigenvalue weighted by Gasteiger charge is 2.61. The summed E-state index contributed by atoms with van der Waals surface area (Å²) in [4.78, 5) is 0. The molecule has 0 bridgehead atoms. The van der Waals surface area contributed by atoms with Crippen LogP contribution in [0.1, 0.15) is 105 Å². The van der Waals surface area contributed by atoms with Crippen LogP contribution < -0.4 is 0 Å². The molecule has 4 rings (SSSR count). The molecule has 2 nitrogen and oxygen atoms in total. The molecule has 4 fully saturated rings. The largest absolute Gasteiger partial charge is 0.390 e. The molecule has 0 unspecified atom stereocenters. The van der Waals surface area contributed by atoms with E-state index in [0.29, 0.717) is 11.3 Å². The Kier molecular flexibility index (Phi) is 6.19. The smallest absolute Gasteiger partial charge is 0.0832 e. The summed E-state index contributed by atoms with van der Waals surface area (Å²) in [6, 6.07) is 0. The molecule has 0 aromatic carbocycles. The molecular weight excluding hydrogens is 356 g/mol. The van der Waals surface area contributed by atoms with E-state index in [4.69, 9.17) is 0 Å². The molecular formula is C27H48O2. The van der Waals surface area contributed by atoms with E-state index in [2.05, 4.69) is 34.6 Å². The topological polar surface area (TPSA) is 40.5 Å². The van der Waals surface area contributed by atoms with Crippen LogP contribution >= 0.6 is 0 Å². The van der Waals surface area contributed by atoms with Gasteiger partial charge >= 0.3 is 0 Å². The average Bonchev–Trinajstić information content (AvgIpc) is 3.02. The zero-order valence-electron chi connectivity index (χ0n) is 19.9. The van der Waals surface area contributed by atoms with Gasteiger partial charge in [-0.15, -0.1) is 0 Å². The van der Waals surface area contributed by atoms with E-state index in [9.17, 15) is 10.2 Å². The predicted octanol–water partition coefficient (Wildman–Crippen LogP) is 6.44. The molecule has 29 heavy (non-hydrogen) atoms. The maximum absolute atomic E-state index is 10.8. The normalized spacial score (nSPS) is 50.7. The molecule has 0 radical (unpaired) electrons. The lowest BCUT2D eigenvalue weighted by Crippen LogP contribution is -2.58. The van der Waals surface area contributed by atoms with Crippen LogP contribution in [0.5, 0.6) is 0 Å². The Bertz CT molecular complexity index is 573. The summed E-state index contributed by atoms with van der Waals surface area (Å²) in [5, 5.41) is 21.0. The standard InChI is InChI=1S/C27H48O2/c1-17(2)7-6-8-18(3)20-11-12-21-19-9-10-23-25(29)24(28)14-16-27(23,5)22(19)13-15-26(20,21)4/h17-25,28-29H,6-16H2,1-5H3/t18-,19+,20-,21+,22+,23+,24-,25+,26-,27-/m1/s1. The molecule has 0 aliphatic heterocycles. The minimum atomic E-state index is -0.486. The van der Waals surface area contributed by atoms with E-state index in [1.165, 1.54) is 51.4 Å². The number of fused-ring (bicyclic) bond motifs is 5. The van der Waals surface area contributed by atoms with Gasteiger partial charge in [0.05, 0.1) is 12.2 Å². The zero-order valence-corrected chi connectivity index (χ0v) is 19.9. The minimum Gasteiger partial charge on any atom is -0.390 e. The number of hydrogen-bond acceptors (Lipinski definition) is 2. The Balaban J connectivity index is 1.48. The highest BCUT2D eigenvalue weighted by atomic mass is 16.3. The molecule has 0 heterocycles. The first-order chi connectivity index (χ1) is 13.7. The van der Waals surface area contributed by atoms with Crippen LogP contribution in [0, 0.1) is 52.3 Å².